The number of aliphatic hydroxyl groups excluding tert-OH is 2. The fourth-order valence-corrected chi connectivity index (χ4v) is 11.1. The van der Waals surface area contributed by atoms with E-state index < -0.39 is 22.9 Å². The molecule has 0 aromatic heterocycles. The number of fused-ring (bicyclic) bond motifs is 5. The molecule has 11 atom stereocenters. The number of ether oxygens (including phenoxy) is 1. The Kier molecular flexibility index (Phi) is 5.63. The molecule has 5 fully saturated rings. The normalized spacial score (nSPS) is 57.9. The summed E-state index contributed by atoms with van der Waals surface area (Å²) in [4.78, 5) is 0. The van der Waals surface area contributed by atoms with E-state index >= 15 is 0 Å². The molecule has 4 aliphatic carbocycles. The summed E-state index contributed by atoms with van der Waals surface area (Å²) in [5.41, 5.74) is -3.08. The zero-order chi connectivity index (χ0) is 26.0. The van der Waals surface area contributed by atoms with E-state index in [9.17, 15) is 20.4 Å². The topological polar surface area (TPSA) is 90.2 Å². The molecule has 1 heterocycles. The Morgan fingerprint density at radius 2 is 1.43 bits per heavy atom. The van der Waals surface area contributed by atoms with E-state index in [-0.39, 0.29) is 39.8 Å². The van der Waals surface area contributed by atoms with Crippen molar-refractivity contribution in [2.45, 2.75) is 148 Å². The fourth-order valence-electron chi connectivity index (χ4n) is 11.1. The highest BCUT2D eigenvalue weighted by Gasteiger charge is 2.75. The van der Waals surface area contributed by atoms with E-state index in [1.807, 2.05) is 6.92 Å². The Morgan fingerprint density at radius 3 is 2.03 bits per heavy atom. The van der Waals surface area contributed by atoms with Crippen LogP contribution in [-0.2, 0) is 4.74 Å². The largest absolute Gasteiger partial charge is 0.393 e. The van der Waals surface area contributed by atoms with Crippen LogP contribution in [0.1, 0.15) is 113 Å². The van der Waals surface area contributed by atoms with Crippen molar-refractivity contribution in [3.63, 3.8) is 0 Å². The molecule has 35 heavy (non-hydrogen) atoms. The van der Waals surface area contributed by atoms with Crippen LogP contribution in [0.2, 0.25) is 0 Å². The Labute approximate surface area is 213 Å². The first-order valence-electron chi connectivity index (χ1n) is 14.4. The van der Waals surface area contributed by atoms with E-state index in [0.717, 1.165) is 38.5 Å². The van der Waals surface area contributed by atoms with Gasteiger partial charge in [-0.3, -0.25) is 0 Å². The Morgan fingerprint density at radius 1 is 0.771 bits per heavy atom. The van der Waals surface area contributed by atoms with Crippen molar-refractivity contribution in [2.24, 2.45) is 39.4 Å². The van der Waals surface area contributed by atoms with Crippen molar-refractivity contribution >= 4 is 0 Å². The number of hydrogen-bond acceptors (Lipinski definition) is 5. The molecule has 5 aliphatic rings. The van der Waals surface area contributed by atoms with Crippen LogP contribution in [0.5, 0.6) is 0 Å². The van der Waals surface area contributed by atoms with Crippen molar-refractivity contribution < 1.29 is 25.2 Å². The Balaban J connectivity index is 1.52. The summed E-state index contributed by atoms with van der Waals surface area (Å²) in [7, 11) is 0. The maximum atomic E-state index is 12.5. The average molecular weight is 493 g/mol. The summed E-state index contributed by atoms with van der Waals surface area (Å²) in [6, 6.07) is 0. The molecule has 5 heteroatoms. The smallest absolute Gasteiger partial charge is 0.0991 e. The first-order chi connectivity index (χ1) is 15.9. The lowest BCUT2D eigenvalue weighted by atomic mass is 9.35. The quantitative estimate of drug-likeness (QED) is 0.443. The first-order valence-corrected chi connectivity index (χ1v) is 14.4. The first kappa shape index (κ1) is 26.4. The van der Waals surface area contributed by atoms with Crippen LogP contribution in [0.25, 0.3) is 0 Å². The molecule has 0 aromatic carbocycles. The molecule has 5 rings (SSSR count). The van der Waals surface area contributed by atoms with Gasteiger partial charge in [-0.15, -0.1) is 0 Å². The van der Waals surface area contributed by atoms with Gasteiger partial charge in [0.05, 0.1) is 35.1 Å². The Bertz CT molecular complexity index is 865. The third-order valence-electron chi connectivity index (χ3n) is 13.4. The minimum atomic E-state index is -1.12. The molecule has 0 amide bonds. The van der Waals surface area contributed by atoms with Gasteiger partial charge in [0.15, 0.2) is 0 Å². The molecule has 4 N–H and O–H groups in total. The summed E-state index contributed by atoms with van der Waals surface area (Å²) in [5.74, 6) is 0.553. The van der Waals surface area contributed by atoms with Crippen molar-refractivity contribution in [2.75, 3.05) is 0 Å². The van der Waals surface area contributed by atoms with Gasteiger partial charge < -0.3 is 25.2 Å². The second kappa shape index (κ2) is 7.46. The van der Waals surface area contributed by atoms with Gasteiger partial charge in [-0.2, -0.15) is 0 Å². The molecule has 5 nitrogen and oxygen atoms in total. The van der Waals surface area contributed by atoms with Gasteiger partial charge in [-0.05, 0) is 112 Å². The molecule has 0 spiro atoms. The lowest BCUT2D eigenvalue weighted by molar-refractivity contribution is -0.277. The molecule has 1 aliphatic heterocycles. The van der Waals surface area contributed by atoms with E-state index in [1.165, 1.54) is 0 Å². The van der Waals surface area contributed by atoms with Crippen LogP contribution in [0, 0.1) is 39.4 Å². The van der Waals surface area contributed by atoms with Crippen LogP contribution >= 0.6 is 0 Å². The lowest BCUT2D eigenvalue weighted by Crippen LogP contribution is -2.69. The van der Waals surface area contributed by atoms with Crippen LogP contribution in [0.15, 0.2) is 0 Å². The monoisotopic (exact) mass is 492 g/mol. The van der Waals surface area contributed by atoms with Crippen molar-refractivity contribution in [3.8, 4) is 0 Å². The maximum absolute atomic E-state index is 12.5. The highest BCUT2D eigenvalue weighted by atomic mass is 16.5. The minimum absolute atomic E-state index is 0.00954. The lowest BCUT2D eigenvalue weighted by Gasteiger charge is -2.71. The molecule has 0 aromatic rings. The fraction of sp³-hybridized carbons (Fsp3) is 1.00. The standard InChI is InChI=1S/C30H52O5/c1-24(2)19-9-13-27(6)20(26(19,5)12-10-21(24)32)17-18(31)23-28(27,7)15-16-30(23,34)29(8)14-11-22(35-29)25(3,4)33/h18-23,31-34H,9-17H2,1-8H3/t18-,19+,20+,21-,22+,23-,26+,27-,28-,29-,30-/m1/s1. The van der Waals surface area contributed by atoms with Crippen LogP contribution in [0.3, 0.4) is 0 Å². The molecule has 4 saturated carbocycles. The highest BCUT2D eigenvalue weighted by molar-refractivity contribution is 5.25. The predicted molar refractivity (Wildman–Crippen MR) is 137 cm³/mol. The van der Waals surface area contributed by atoms with Gasteiger partial charge in [-0.25, -0.2) is 0 Å². The number of aliphatic hydroxyl groups is 4. The molecule has 0 bridgehead atoms. The second-order valence-corrected chi connectivity index (χ2v) is 15.6. The molecule has 1 saturated heterocycles. The maximum Gasteiger partial charge on any atom is 0.0991 e. The number of hydrogen-bond donors (Lipinski definition) is 4. The summed E-state index contributed by atoms with van der Waals surface area (Å²) in [6.07, 6.45) is 6.50. The van der Waals surface area contributed by atoms with E-state index in [1.54, 1.807) is 13.8 Å². The van der Waals surface area contributed by atoms with Crippen LogP contribution < -0.4 is 0 Å². The average Bonchev–Trinajstić information content (AvgIpc) is 3.29. The molecule has 202 valence electrons. The van der Waals surface area contributed by atoms with E-state index in [0.29, 0.717) is 31.1 Å². The molecular weight excluding hydrogens is 440 g/mol. The van der Waals surface area contributed by atoms with E-state index in [4.69, 9.17) is 4.74 Å². The summed E-state index contributed by atoms with van der Waals surface area (Å²) in [5, 5.41) is 45.9. The summed E-state index contributed by atoms with van der Waals surface area (Å²) in [6.45, 7) is 17.3. The van der Waals surface area contributed by atoms with Gasteiger partial charge >= 0.3 is 0 Å². The third kappa shape index (κ3) is 3.17. The van der Waals surface area contributed by atoms with Gasteiger partial charge in [0.2, 0.25) is 0 Å². The molecule has 0 radical (unpaired) electrons. The molecular formula is C30H52O5. The van der Waals surface area contributed by atoms with Crippen molar-refractivity contribution in [1.82, 2.24) is 0 Å². The van der Waals surface area contributed by atoms with Crippen LogP contribution in [0.4, 0.5) is 0 Å². The second-order valence-electron chi connectivity index (χ2n) is 15.6. The summed E-state index contributed by atoms with van der Waals surface area (Å²) < 4.78 is 6.52. The van der Waals surface area contributed by atoms with E-state index in [2.05, 4.69) is 34.6 Å². The SMILES string of the molecule is CC(C)(O)[C@@H]1CC[C@](C)([C@@]2(O)CC[C@]3(C)[C@H]2[C@H](O)C[C@H]2[C@@]4(C)CC[C@@H](O)C(C)(C)[C@@H]4CC[C@]23C)O1. The zero-order valence-corrected chi connectivity index (χ0v) is 23.5. The molecule has 0 unspecified atom stereocenters. The van der Waals surface area contributed by atoms with Crippen molar-refractivity contribution in [1.29, 1.82) is 0 Å². The van der Waals surface area contributed by atoms with Crippen LogP contribution in [-0.4, -0.2) is 55.5 Å². The Hall–Kier alpha value is -0.200. The van der Waals surface area contributed by atoms with Gasteiger partial charge in [-0.1, -0.05) is 34.6 Å². The number of rotatable bonds is 2. The van der Waals surface area contributed by atoms with Gasteiger partial charge in [0.25, 0.3) is 0 Å². The van der Waals surface area contributed by atoms with Gasteiger partial charge in [0.1, 0.15) is 0 Å². The minimum Gasteiger partial charge on any atom is -0.393 e. The zero-order valence-electron chi connectivity index (χ0n) is 23.5. The third-order valence-corrected chi connectivity index (χ3v) is 13.4. The van der Waals surface area contributed by atoms with Gasteiger partial charge in [0, 0.05) is 5.92 Å². The highest BCUT2D eigenvalue weighted by Crippen LogP contribution is 2.76. The predicted octanol–water partition coefficient (Wildman–Crippen LogP) is 4.83. The van der Waals surface area contributed by atoms with Crippen molar-refractivity contribution in [3.05, 3.63) is 0 Å². The summed E-state index contributed by atoms with van der Waals surface area (Å²) >= 11 is 0.